The van der Waals surface area contributed by atoms with Gasteiger partial charge in [-0.25, -0.2) is 18.3 Å². The average molecular weight is 562 g/mol. The van der Waals surface area contributed by atoms with E-state index in [9.17, 15) is 50.4 Å². The molecule has 0 aromatic carbocycles. The second-order valence-corrected chi connectivity index (χ2v) is 10.7. The second-order valence-electron chi connectivity index (χ2n) is 6.89. The molecule has 0 atom stereocenters. The van der Waals surface area contributed by atoms with Gasteiger partial charge in [0.1, 0.15) is 24.8 Å². The van der Waals surface area contributed by atoms with Crippen LogP contribution in [0.5, 0.6) is 0 Å². The Hall–Kier alpha value is -2.08. The Bertz CT molecular complexity index is 842. The number of imidazole rings is 2. The van der Waals surface area contributed by atoms with Crippen LogP contribution in [0.2, 0.25) is 0 Å². The van der Waals surface area contributed by atoms with Crippen LogP contribution in [0.25, 0.3) is 12.4 Å². The molecule has 2 aromatic heterocycles. The van der Waals surface area contributed by atoms with Gasteiger partial charge in [0.2, 0.25) is 12.7 Å². The summed E-state index contributed by atoms with van der Waals surface area (Å²) in [6, 6.07) is 0. The SMILES string of the molecule is C=Cn1cc[n+](CCCCCC[n+]2ccn(C=C)c2)c1.F[P-](F)(F)(F)(F)F.F[P-](F)(F)(F)(F)F. The van der Waals surface area contributed by atoms with Crippen LogP contribution >= 0.6 is 15.6 Å². The van der Waals surface area contributed by atoms with Crippen molar-refractivity contribution in [2.24, 2.45) is 0 Å². The van der Waals surface area contributed by atoms with Gasteiger partial charge in [0.05, 0.1) is 25.5 Å². The zero-order valence-corrected chi connectivity index (χ0v) is 19.3. The van der Waals surface area contributed by atoms with Gasteiger partial charge in [-0.2, -0.15) is 0 Å². The minimum absolute atomic E-state index is 1.08. The van der Waals surface area contributed by atoms with Crippen LogP contribution in [0, 0.1) is 0 Å². The van der Waals surface area contributed by atoms with Crippen molar-refractivity contribution in [3.8, 4) is 0 Å². The van der Waals surface area contributed by atoms with Gasteiger partial charge in [-0.15, -0.1) is 0 Å². The van der Waals surface area contributed by atoms with Crippen LogP contribution in [-0.4, -0.2) is 9.13 Å². The van der Waals surface area contributed by atoms with E-state index in [0.717, 1.165) is 13.1 Å². The molecule has 0 aliphatic heterocycles. The minimum atomic E-state index is -10.7. The van der Waals surface area contributed by atoms with Crippen molar-refractivity contribution in [1.82, 2.24) is 9.13 Å². The van der Waals surface area contributed by atoms with E-state index in [-0.39, 0.29) is 0 Å². The summed E-state index contributed by atoms with van der Waals surface area (Å²) in [4.78, 5) is 0. The average Bonchev–Trinajstić information content (AvgIpc) is 3.21. The maximum atomic E-state index is 9.87. The molecule has 2 heterocycles. The summed E-state index contributed by atoms with van der Waals surface area (Å²) in [5.41, 5.74) is 0. The number of unbranched alkanes of at least 4 members (excludes halogenated alkanes) is 3. The number of hydrogen-bond acceptors (Lipinski definition) is 0. The fourth-order valence-electron chi connectivity index (χ4n) is 2.24. The van der Waals surface area contributed by atoms with Crippen molar-refractivity contribution < 1.29 is 59.5 Å². The molecule has 4 nitrogen and oxygen atoms in total. The third-order valence-electron chi connectivity index (χ3n) is 3.43. The zero-order chi connectivity index (χ0) is 27.0. The molecule has 18 heteroatoms. The Morgan fingerprint density at radius 3 is 1.03 bits per heavy atom. The summed E-state index contributed by atoms with van der Waals surface area (Å²) >= 11 is 0. The monoisotopic (exact) mass is 562 g/mol. The zero-order valence-electron chi connectivity index (χ0n) is 17.5. The van der Waals surface area contributed by atoms with Crippen molar-refractivity contribution >= 4 is 28.0 Å². The van der Waals surface area contributed by atoms with Crippen LogP contribution < -0.4 is 9.13 Å². The summed E-state index contributed by atoms with van der Waals surface area (Å²) in [5, 5.41) is 0. The Balaban J connectivity index is 0.000000642. The van der Waals surface area contributed by atoms with Crippen LogP contribution in [0.4, 0.5) is 50.4 Å². The molecule has 202 valence electrons. The first-order chi connectivity index (χ1) is 14.7. The number of halogens is 12. The standard InChI is InChI=1S/C16H24N4.2F6P/c1-3-17-11-13-19(15-17)9-7-5-6-8-10-20-14-12-18(4-2)16-20;2*1-7(2,3,4,5)6/h3-4,11-16H,1-2,5-10H2;;/q+2;2*-1. The second kappa shape index (κ2) is 9.52. The van der Waals surface area contributed by atoms with Crippen molar-refractivity contribution in [1.29, 1.82) is 0 Å². The topological polar surface area (TPSA) is 17.6 Å². The molecule has 0 N–H and O–H groups in total. The molecule has 0 aliphatic carbocycles. The van der Waals surface area contributed by atoms with Crippen molar-refractivity contribution in [2.75, 3.05) is 0 Å². The summed E-state index contributed by atoms with van der Waals surface area (Å²) in [5.74, 6) is 0. The van der Waals surface area contributed by atoms with Gasteiger partial charge in [-0.1, -0.05) is 13.2 Å². The maximum absolute atomic E-state index is 10.7. The molecule has 0 radical (unpaired) electrons. The van der Waals surface area contributed by atoms with Crippen LogP contribution in [0.15, 0.2) is 50.6 Å². The van der Waals surface area contributed by atoms with Crippen LogP contribution in [0.3, 0.4) is 0 Å². The van der Waals surface area contributed by atoms with Gasteiger partial charge in [0.25, 0.3) is 0 Å². The van der Waals surface area contributed by atoms with E-state index in [0.29, 0.717) is 0 Å². The van der Waals surface area contributed by atoms with Gasteiger partial charge < -0.3 is 0 Å². The van der Waals surface area contributed by atoms with Gasteiger partial charge in [-0.05, 0) is 25.7 Å². The molecule has 0 fully saturated rings. The molecule has 34 heavy (non-hydrogen) atoms. The molecule has 0 saturated carbocycles. The summed E-state index contributed by atoms with van der Waals surface area (Å²) in [6.45, 7) is 9.65. The fourth-order valence-corrected chi connectivity index (χ4v) is 2.24. The van der Waals surface area contributed by atoms with E-state index >= 15 is 0 Å². The first-order valence-electron chi connectivity index (χ1n) is 9.23. The van der Waals surface area contributed by atoms with Crippen LogP contribution in [-0.2, 0) is 13.1 Å². The number of aromatic nitrogens is 4. The van der Waals surface area contributed by atoms with Gasteiger partial charge >= 0.3 is 66.0 Å². The molecule has 0 amide bonds. The van der Waals surface area contributed by atoms with E-state index in [1.165, 1.54) is 25.7 Å². The summed E-state index contributed by atoms with van der Waals surface area (Å²) < 4.78 is 127. The molecule has 2 aromatic rings. The Kier molecular flexibility index (Phi) is 8.94. The van der Waals surface area contributed by atoms with Gasteiger partial charge in [0, 0.05) is 0 Å². The molecular formula is C16H24F12N4P2. The first-order valence-corrected chi connectivity index (χ1v) is 13.3. The van der Waals surface area contributed by atoms with E-state index < -0.39 is 15.6 Å². The van der Waals surface area contributed by atoms with E-state index in [2.05, 4.69) is 47.3 Å². The van der Waals surface area contributed by atoms with Gasteiger partial charge in [0.15, 0.2) is 0 Å². The van der Waals surface area contributed by atoms with E-state index in [1.807, 2.05) is 33.9 Å². The number of nitrogens with zero attached hydrogens (tertiary/aromatic N) is 4. The molecule has 0 spiro atoms. The third-order valence-corrected chi connectivity index (χ3v) is 3.43. The van der Waals surface area contributed by atoms with Crippen molar-refractivity contribution in [3.63, 3.8) is 0 Å². The fraction of sp³-hybridized carbons (Fsp3) is 0.375. The van der Waals surface area contributed by atoms with Crippen molar-refractivity contribution in [3.05, 3.63) is 50.6 Å². The number of aryl methyl sites for hydroxylation is 2. The van der Waals surface area contributed by atoms with Gasteiger partial charge in [-0.3, -0.25) is 0 Å². The quantitative estimate of drug-likeness (QED) is 0.126. The number of hydrogen-bond donors (Lipinski definition) is 0. The normalized spacial score (nSPS) is 15.8. The molecule has 0 bridgehead atoms. The molecule has 0 saturated heterocycles. The predicted molar refractivity (Wildman–Crippen MR) is 108 cm³/mol. The Morgan fingerprint density at radius 1 is 0.559 bits per heavy atom. The van der Waals surface area contributed by atoms with E-state index in [4.69, 9.17) is 0 Å². The Labute approximate surface area is 186 Å². The van der Waals surface area contributed by atoms with Crippen molar-refractivity contribution in [2.45, 2.75) is 38.8 Å². The summed E-state index contributed by atoms with van der Waals surface area (Å²) in [6.07, 6.45) is 21.0. The third kappa shape index (κ3) is 29.9. The molecular weight excluding hydrogens is 538 g/mol. The molecule has 0 aliphatic rings. The number of rotatable bonds is 9. The predicted octanol–water partition coefficient (Wildman–Crippen LogP) is 9.09. The molecule has 2 rings (SSSR count). The Morgan fingerprint density at radius 2 is 0.824 bits per heavy atom. The van der Waals surface area contributed by atoms with Crippen LogP contribution in [0.1, 0.15) is 25.7 Å². The molecule has 0 unspecified atom stereocenters. The first kappa shape index (κ1) is 31.9. The van der Waals surface area contributed by atoms with E-state index in [1.54, 1.807) is 0 Å². The summed E-state index contributed by atoms with van der Waals surface area (Å²) in [7, 11) is -21.3.